The molecule has 0 amide bonds. The molecule has 2 fully saturated rings. The highest BCUT2D eigenvalue weighted by molar-refractivity contribution is 7.11. The molecule has 0 N–H and O–H groups in total. The van der Waals surface area contributed by atoms with Crippen molar-refractivity contribution in [3.63, 3.8) is 0 Å². The van der Waals surface area contributed by atoms with Gasteiger partial charge in [-0.3, -0.25) is 9.69 Å². The summed E-state index contributed by atoms with van der Waals surface area (Å²) < 4.78 is 33.6. The molecular weight excluding hydrogens is 576 g/mol. The van der Waals surface area contributed by atoms with E-state index in [0.717, 1.165) is 74.3 Å². The van der Waals surface area contributed by atoms with Crippen LogP contribution in [0.5, 0.6) is 0 Å². The first kappa shape index (κ1) is 32.7. The fourth-order valence-electron chi connectivity index (χ4n) is 6.72. The van der Waals surface area contributed by atoms with Crippen LogP contribution in [0.4, 0.5) is 8.78 Å². The number of carbonyl (C=O) groups is 1. The number of nitrogens with zero attached hydrogens (tertiary/aromatic N) is 3. The lowest BCUT2D eigenvalue weighted by molar-refractivity contribution is -0.151. The number of thiazole rings is 1. The Labute approximate surface area is 265 Å². The summed E-state index contributed by atoms with van der Waals surface area (Å²) in [5, 5.41) is 1.10. The Hall–Kier alpha value is -2.68. The first-order valence-electron chi connectivity index (χ1n) is 16.1. The number of aryl methyl sites for hydroxylation is 1. The third-order valence-corrected chi connectivity index (χ3v) is 10.8. The van der Waals surface area contributed by atoms with E-state index < -0.39 is 0 Å². The fourth-order valence-corrected chi connectivity index (χ4v) is 8.08. The molecule has 1 aliphatic heterocycles. The number of piperidine rings is 1. The number of carbonyl (C=O) groups excluding carboxylic acids is 1. The van der Waals surface area contributed by atoms with E-state index >= 15 is 0 Å². The first-order valence-corrected chi connectivity index (χ1v) is 16.9. The average Bonchev–Trinajstić information content (AvgIpc) is 3.57. The third-order valence-electron chi connectivity index (χ3n) is 9.56. The van der Waals surface area contributed by atoms with Crippen LogP contribution >= 0.6 is 11.3 Å². The number of likely N-dealkylation sites (tertiary alicyclic amines) is 1. The smallest absolute Gasteiger partial charge is 0.320 e. The third kappa shape index (κ3) is 8.32. The summed E-state index contributed by atoms with van der Waals surface area (Å²) >= 11 is 1.82. The van der Waals surface area contributed by atoms with Crippen molar-refractivity contribution < 1.29 is 18.3 Å². The van der Waals surface area contributed by atoms with E-state index in [0.29, 0.717) is 11.8 Å². The molecule has 2 aromatic carbocycles. The molecule has 8 heteroatoms. The van der Waals surface area contributed by atoms with Gasteiger partial charge >= 0.3 is 5.97 Å². The van der Waals surface area contributed by atoms with Crippen LogP contribution in [0.1, 0.15) is 91.9 Å². The van der Waals surface area contributed by atoms with Crippen LogP contribution in [0.25, 0.3) is 0 Å². The minimum atomic E-state index is -0.218. The number of aromatic nitrogens is 1. The highest BCUT2D eigenvalue weighted by Gasteiger charge is 2.39. The van der Waals surface area contributed by atoms with Gasteiger partial charge in [0.25, 0.3) is 0 Å². The van der Waals surface area contributed by atoms with Crippen molar-refractivity contribution in [1.82, 2.24) is 14.8 Å². The zero-order valence-electron chi connectivity index (χ0n) is 26.8. The molecule has 5 nitrogen and oxygen atoms in total. The molecule has 0 unspecified atom stereocenters. The standard InChI is InChI=1S/C36H47F2N3O2S/c1-6-32-35(44-33(39-32)18-24-10-12-28(37)13-11-24)25-14-16-41(17-15-25)22-27-20-30(43-34(42)23-40(5)36(2,3)4)21-31(27)26-8-7-9-29(38)19-26/h7-13,19,25,27,30-31H,6,14-18,20-23H2,1-5H3/t27-,30+,31-/m1/s1. The lowest BCUT2D eigenvalue weighted by Gasteiger charge is -2.34. The zero-order valence-corrected chi connectivity index (χ0v) is 27.6. The Kier molecular flexibility index (Phi) is 10.5. The van der Waals surface area contributed by atoms with Gasteiger partial charge in [0.15, 0.2) is 0 Å². The van der Waals surface area contributed by atoms with Crippen molar-refractivity contribution >= 4 is 17.3 Å². The molecule has 0 radical (unpaired) electrons. The van der Waals surface area contributed by atoms with Crippen LogP contribution in [-0.2, 0) is 22.4 Å². The maximum atomic E-state index is 14.3. The Morgan fingerprint density at radius 2 is 1.80 bits per heavy atom. The summed E-state index contributed by atoms with van der Waals surface area (Å²) in [4.78, 5) is 23.8. The average molecular weight is 624 g/mol. The number of benzene rings is 2. The maximum absolute atomic E-state index is 14.3. The van der Waals surface area contributed by atoms with Crippen LogP contribution < -0.4 is 0 Å². The molecule has 1 saturated carbocycles. The largest absolute Gasteiger partial charge is 0.461 e. The van der Waals surface area contributed by atoms with E-state index in [1.54, 1.807) is 12.1 Å². The number of hydrogen-bond acceptors (Lipinski definition) is 6. The summed E-state index contributed by atoms with van der Waals surface area (Å²) in [7, 11) is 1.94. The van der Waals surface area contributed by atoms with Crippen molar-refractivity contribution in [3.05, 3.63) is 86.9 Å². The Balaban J connectivity index is 1.21. The Morgan fingerprint density at radius 3 is 2.45 bits per heavy atom. The van der Waals surface area contributed by atoms with Crippen LogP contribution in [-0.4, -0.2) is 65.6 Å². The summed E-state index contributed by atoms with van der Waals surface area (Å²) in [6, 6.07) is 13.7. The number of likely N-dealkylation sites (N-methyl/N-ethyl adjacent to an activating group) is 1. The van der Waals surface area contributed by atoms with Crippen molar-refractivity contribution in [2.75, 3.05) is 33.2 Å². The maximum Gasteiger partial charge on any atom is 0.320 e. The van der Waals surface area contributed by atoms with Gasteiger partial charge in [-0.1, -0.05) is 31.2 Å². The molecule has 3 aromatic rings. The van der Waals surface area contributed by atoms with Gasteiger partial charge in [-0.05, 0) is 126 Å². The molecule has 0 spiro atoms. The molecular formula is C36H47F2N3O2S. The highest BCUT2D eigenvalue weighted by Crippen LogP contribution is 2.43. The number of esters is 1. The second kappa shape index (κ2) is 14.2. The minimum Gasteiger partial charge on any atom is -0.461 e. The Bertz CT molecular complexity index is 1400. The molecule has 1 aromatic heterocycles. The quantitative estimate of drug-likeness (QED) is 0.218. The summed E-state index contributed by atoms with van der Waals surface area (Å²) in [6.45, 7) is 11.6. The minimum absolute atomic E-state index is 0.116. The molecule has 44 heavy (non-hydrogen) atoms. The van der Waals surface area contributed by atoms with E-state index in [1.165, 1.54) is 28.8 Å². The van der Waals surface area contributed by atoms with E-state index in [-0.39, 0.29) is 41.7 Å². The molecule has 1 saturated heterocycles. The molecule has 0 bridgehead atoms. The summed E-state index contributed by atoms with van der Waals surface area (Å²) in [6.07, 6.45) is 5.19. The van der Waals surface area contributed by atoms with Crippen molar-refractivity contribution in [2.45, 2.75) is 89.7 Å². The predicted molar refractivity (Wildman–Crippen MR) is 173 cm³/mol. The molecule has 2 heterocycles. The van der Waals surface area contributed by atoms with Gasteiger partial charge in [-0.25, -0.2) is 13.8 Å². The van der Waals surface area contributed by atoms with Crippen LogP contribution in [0.15, 0.2) is 48.5 Å². The highest BCUT2D eigenvalue weighted by atomic mass is 32.1. The second-order valence-electron chi connectivity index (χ2n) is 13.7. The zero-order chi connectivity index (χ0) is 31.4. The first-order chi connectivity index (χ1) is 21.0. The second-order valence-corrected chi connectivity index (χ2v) is 14.8. The number of rotatable bonds is 10. The van der Waals surface area contributed by atoms with E-state index in [1.807, 2.05) is 41.5 Å². The number of hydrogen-bond donors (Lipinski definition) is 0. The molecule has 1 aliphatic carbocycles. The van der Waals surface area contributed by atoms with Crippen LogP contribution in [0.2, 0.25) is 0 Å². The normalized spacial score (nSPS) is 21.7. The lowest BCUT2D eigenvalue weighted by atomic mass is 9.87. The van der Waals surface area contributed by atoms with Crippen LogP contribution in [0, 0.1) is 17.6 Å². The van der Waals surface area contributed by atoms with Crippen molar-refractivity contribution in [1.29, 1.82) is 0 Å². The van der Waals surface area contributed by atoms with Gasteiger partial charge in [0.1, 0.15) is 17.7 Å². The van der Waals surface area contributed by atoms with Gasteiger partial charge in [-0.15, -0.1) is 11.3 Å². The van der Waals surface area contributed by atoms with Gasteiger partial charge in [0, 0.05) is 23.4 Å². The van der Waals surface area contributed by atoms with Gasteiger partial charge in [0.05, 0.1) is 17.2 Å². The molecule has 238 valence electrons. The predicted octanol–water partition coefficient (Wildman–Crippen LogP) is 7.59. The summed E-state index contributed by atoms with van der Waals surface area (Å²) in [5.41, 5.74) is 3.17. The number of halogens is 2. The van der Waals surface area contributed by atoms with Crippen molar-refractivity contribution in [3.8, 4) is 0 Å². The lowest BCUT2D eigenvalue weighted by Crippen LogP contribution is -2.42. The van der Waals surface area contributed by atoms with Gasteiger partial charge < -0.3 is 9.64 Å². The SMILES string of the molecule is CCc1nc(Cc2ccc(F)cc2)sc1C1CCN(C[C@H]2C[C@H](OC(=O)CN(C)C(C)(C)C)C[C@@H]2c2cccc(F)c2)CC1. The molecule has 3 atom stereocenters. The van der Waals surface area contributed by atoms with E-state index in [4.69, 9.17) is 9.72 Å². The van der Waals surface area contributed by atoms with Crippen LogP contribution in [0.3, 0.4) is 0 Å². The van der Waals surface area contributed by atoms with E-state index in [2.05, 4.69) is 32.6 Å². The number of ether oxygens (including phenoxy) is 1. The fraction of sp³-hybridized carbons (Fsp3) is 0.556. The molecule has 5 rings (SSSR count). The molecule has 2 aliphatic rings. The van der Waals surface area contributed by atoms with Gasteiger partial charge in [0.2, 0.25) is 0 Å². The van der Waals surface area contributed by atoms with Crippen molar-refractivity contribution in [2.24, 2.45) is 5.92 Å². The Morgan fingerprint density at radius 1 is 1.07 bits per heavy atom. The monoisotopic (exact) mass is 623 g/mol. The summed E-state index contributed by atoms with van der Waals surface area (Å²) in [5.74, 6) is 0.324. The van der Waals surface area contributed by atoms with Gasteiger partial charge in [-0.2, -0.15) is 0 Å². The van der Waals surface area contributed by atoms with E-state index in [9.17, 15) is 13.6 Å². The topological polar surface area (TPSA) is 45.7 Å².